The van der Waals surface area contributed by atoms with E-state index < -0.39 is 28.4 Å². The van der Waals surface area contributed by atoms with E-state index in [1.165, 1.54) is 44.7 Å². The van der Waals surface area contributed by atoms with Crippen LogP contribution in [0.2, 0.25) is 0 Å². The lowest BCUT2D eigenvalue weighted by Gasteiger charge is -2.11. The van der Waals surface area contributed by atoms with Crippen LogP contribution in [0.3, 0.4) is 0 Å². The van der Waals surface area contributed by atoms with Crippen LogP contribution in [0.1, 0.15) is 21.6 Å². The molecule has 14 heteroatoms. The number of hydrogen-bond acceptors (Lipinski definition) is 9. The number of benzene rings is 3. The first-order chi connectivity index (χ1) is 19.6. The zero-order valence-corrected chi connectivity index (χ0v) is 22.2. The molecule has 0 fully saturated rings. The van der Waals surface area contributed by atoms with Gasteiger partial charge in [-0.2, -0.15) is 18.3 Å². The smallest absolute Gasteiger partial charge is 0.433 e. The van der Waals surface area contributed by atoms with Crippen LogP contribution in [0, 0.1) is 10.1 Å². The molecule has 0 radical (unpaired) electrons. The molecule has 0 aliphatic carbocycles. The van der Waals surface area contributed by atoms with Crippen molar-refractivity contribution in [3.63, 3.8) is 0 Å². The molecule has 4 aromatic rings. The lowest BCUT2D eigenvalue weighted by Crippen LogP contribution is -2.17. The van der Waals surface area contributed by atoms with Gasteiger partial charge in [0.2, 0.25) is 0 Å². The molecule has 0 bridgehead atoms. The van der Waals surface area contributed by atoms with Crippen molar-refractivity contribution in [2.75, 3.05) is 14.2 Å². The van der Waals surface area contributed by atoms with E-state index in [4.69, 9.17) is 9.47 Å². The lowest BCUT2D eigenvalue weighted by molar-refractivity contribution is -0.387. The number of rotatable bonds is 9. The molecule has 0 saturated carbocycles. The highest BCUT2D eigenvalue weighted by Gasteiger charge is 2.34. The van der Waals surface area contributed by atoms with E-state index in [1.807, 2.05) is 0 Å². The molecule has 0 aliphatic heterocycles. The summed E-state index contributed by atoms with van der Waals surface area (Å²) in [5.41, 5.74) is 1.62. The Bertz CT molecular complexity index is 1590. The number of amides is 1. The first-order valence-electron chi connectivity index (χ1n) is 11.6. The standard InChI is InChI=1S/C27H20F3N5O5S/c1-39-19-11-18(12-20(13-19)40-2)25(36)34-31-15-16-8-9-23(22(10-16)35(37)38)41-26-32-21(17-6-4-3-5-7-17)14-24(33-26)27(28,29)30/h3-15H,1-2H3,(H,34,36)/b31-15+. The molecule has 1 N–H and O–H groups in total. The molecule has 0 spiro atoms. The van der Waals surface area contributed by atoms with Gasteiger partial charge in [-0.15, -0.1) is 0 Å². The highest BCUT2D eigenvalue weighted by Crippen LogP contribution is 2.37. The molecule has 1 amide bonds. The van der Waals surface area contributed by atoms with Crippen molar-refractivity contribution >= 4 is 29.6 Å². The fourth-order valence-corrected chi connectivity index (χ4v) is 4.34. The summed E-state index contributed by atoms with van der Waals surface area (Å²) >= 11 is 0.621. The minimum atomic E-state index is -4.76. The van der Waals surface area contributed by atoms with Crippen molar-refractivity contribution in [1.82, 2.24) is 15.4 Å². The Kier molecular flexibility index (Phi) is 8.82. The van der Waals surface area contributed by atoms with Gasteiger partial charge in [0.25, 0.3) is 11.6 Å². The van der Waals surface area contributed by atoms with E-state index >= 15 is 0 Å². The van der Waals surface area contributed by atoms with E-state index in [1.54, 1.807) is 36.4 Å². The van der Waals surface area contributed by atoms with Gasteiger partial charge in [-0.1, -0.05) is 36.4 Å². The number of nitro groups is 1. The molecule has 1 aromatic heterocycles. The van der Waals surface area contributed by atoms with Gasteiger partial charge in [-0.3, -0.25) is 14.9 Å². The number of ether oxygens (including phenoxy) is 2. The van der Waals surface area contributed by atoms with Crippen LogP contribution in [0.15, 0.2) is 87.9 Å². The molecule has 4 rings (SSSR count). The molecule has 0 unspecified atom stereocenters. The van der Waals surface area contributed by atoms with Gasteiger partial charge in [0.15, 0.2) is 5.16 Å². The van der Waals surface area contributed by atoms with Crippen molar-refractivity contribution in [2.24, 2.45) is 5.10 Å². The Morgan fingerprint density at radius 1 is 1.00 bits per heavy atom. The zero-order valence-electron chi connectivity index (χ0n) is 21.4. The number of hydrogen-bond donors (Lipinski definition) is 1. The van der Waals surface area contributed by atoms with Crippen molar-refractivity contribution in [3.05, 3.63) is 99.7 Å². The van der Waals surface area contributed by atoms with Crippen LogP contribution < -0.4 is 14.9 Å². The minimum Gasteiger partial charge on any atom is -0.497 e. The first kappa shape index (κ1) is 29.0. The first-order valence-corrected chi connectivity index (χ1v) is 12.4. The molecule has 210 valence electrons. The summed E-state index contributed by atoms with van der Waals surface area (Å²) in [6, 6.07) is 17.5. The second-order valence-corrected chi connectivity index (χ2v) is 9.18. The monoisotopic (exact) mass is 583 g/mol. The number of carbonyl (C=O) groups is 1. The second-order valence-electron chi connectivity index (χ2n) is 8.17. The normalized spacial score (nSPS) is 11.3. The predicted molar refractivity (Wildman–Crippen MR) is 144 cm³/mol. The molecule has 0 aliphatic rings. The molecule has 10 nitrogen and oxygen atoms in total. The van der Waals surface area contributed by atoms with Crippen LogP contribution >= 0.6 is 11.8 Å². The molecule has 41 heavy (non-hydrogen) atoms. The number of carbonyl (C=O) groups excluding carboxylic acids is 1. The highest BCUT2D eigenvalue weighted by molar-refractivity contribution is 7.99. The quantitative estimate of drug-likeness (QED) is 0.110. The van der Waals surface area contributed by atoms with Gasteiger partial charge in [-0.05, 0) is 36.0 Å². The van der Waals surface area contributed by atoms with Crippen LogP contribution in [0.4, 0.5) is 18.9 Å². The number of nitrogens with one attached hydrogen (secondary N) is 1. The van der Waals surface area contributed by atoms with Crippen molar-refractivity contribution in [3.8, 4) is 22.8 Å². The number of halogens is 3. The third-order valence-electron chi connectivity index (χ3n) is 5.44. The zero-order chi connectivity index (χ0) is 29.6. The average molecular weight is 584 g/mol. The molecular formula is C27H20F3N5O5S. The summed E-state index contributed by atoms with van der Waals surface area (Å²) in [7, 11) is 2.87. The summed E-state index contributed by atoms with van der Waals surface area (Å²) in [4.78, 5) is 31.4. The summed E-state index contributed by atoms with van der Waals surface area (Å²) in [6.45, 7) is 0. The summed E-state index contributed by atoms with van der Waals surface area (Å²) < 4.78 is 50.9. The number of nitro benzene ring substituents is 1. The fourth-order valence-electron chi connectivity index (χ4n) is 3.48. The largest absolute Gasteiger partial charge is 0.497 e. The number of nitrogens with zero attached hydrogens (tertiary/aromatic N) is 4. The number of methoxy groups -OCH3 is 2. The average Bonchev–Trinajstić information content (AvgIpc) is 2.97. The summed E-state index contributed by atoms with van der Waals surface area (Å²) in [5, 5.41) is 15.3. The Morgan fingerprint density at radius 3 is 2.29 bits per heavy atom. The molecule has 0 atom stereocenters. The van der Waals surface area contributed by atoms with Crippen LogP contribution in [-0.2, 0) is 6.18 Å². The summed E-state index contributed by atoms with van der Waals surface area (Å²) in [5.74, 6) is 0.196. The van der Waals surface area contributed by atoms with Crippen molar-refractivity contribution in [2.45, 2.75) is 16.2 Å². The second kappa shape index (κ2) is 12.5. The van der Waals surface area contributed by atoms with Gasteiger partial charge in [0, 0.05) is 28.8 Å². The predicted octanol–water partition coefficient (Wildman–Crippen LogP) is 6.00. The van der Waals surface area contributed by atoms with Crippen LogP contribution in [0.25, 0.3) is 11.3 Å². The molecule has 0 saturated heterocycles. The SMILES string of the molecule is COc1cc(OC)cc(C(=O)N/N=C/c2ccc(Sc3nc(-c4ccccc4)cc(C(F)(F)F)n3)c([N+](=O)[O-])c2)c1. The highest BCUT2D eigenvalue weighted by atomic mass is 32.2. The lowest BCUT2D eigenvalue weighted by atomic mass is 10.1. The van der Waals surface area contributed by atoms with Gasteiger partial charge >= 0.3 is 6.18 Å². The molecule has 1 heterocycles. The van der Waals surface area contributed by atoms with E-state index in [-0.39, 0.29) is 26.9 Å². The van der Waals surface area contributed by atoms with Gasteiger partial charge in [0.05, 0.1) is 35.9 Å². The van der Waals surface area contributed by atoms with E-state index in [2.05, 4.69) is 20.5 Å². The Morgan fingerprint density at radius 2 is 1.68 bits per heavy atom. The number of alkyl halides is 3. The fraction of sp³-hybridized carbons (Fsp3) is 0.111. The Labute approximate surface area is 235 Å². The number of hydrazone groups is 1. The van der Waals surface area contributed by atoms with Gasteiger partial charge in [-0.25, -0.2) is 15.4 Å². The Balaban J connectivity index is 1.58. The maximum atomic E-state index is 13.6. The third-order valence-corrected chi connectivity index (χ3v) is 6.37. The molecule has 3 aromatic carbocycles. The molecular weight excluding hydrogens is 563 g/mol. The maximum absolute atomic E-state index is 13.6. The topological polar surface area (TPSA) is 129 Å². The van der Waals surface area contributed by atoms with E-state index in [0.29, 0.717) is 28.8 Å². The Hall–Kier alpha value is -4.98. The van der Waals surface area contributed by atoms with Crippen molar-refractivity contribution in [1.29, 1.82) is 0 Å². The van der Waals surface area contributed by atoms with Gasteiger partial charge < -0.3 is 9.47 Å². The number of aromatic nitrogens is 2. The van der Waals surface area contributed by atoms with Crippen molar-refractivity contribution < 1.29 is 32.4 Å². The maximum Gasteiger partial charge on any atom is 0.433 e. The van der Waals surface area contributed by atoms with E-state index in [9.17, 15) is 28.1 Å². The van der Waals surface area contributed by atoms with Crippen LogP contribution in [-0.4, -0.2) is 41.2 Å². The summed E-state index contributed by atoms with van der Waals surface area (Å²) in [6.07, 6.45) is -3.57. The van der Waals surface area contributed by atoms with Crippen LogP contribution in [0.5, 0.6) is 11.5 Å². The third kappa shape index (κ3) is 7.36. The minimum absolute atomic E-state index is 0.0120. The van der Waals surface area contributed by atoms with E-state index in [0.717, 1.165) is 12.1 Å². The van der Waals surface area contributed by atoms with Gasteiger partial charge in [0.1, 0.15) is 17.2 Å².